The van der Waals surface area contributed by atoms with E-state index >= 15 is 0 Å². The second-order valence-electron chi connectivity index (χ2n) is 5.40. The third-order valence-corrected chi connectivity index (χ3v) is 3.81. The fourth-order valence-electron chi connectivity index (χ4n) is 2.55. The van der Waals surface area contributed by atoms with Crippen molar-refractivity contribution < 1.29 is 4.74 Å². The lowest BCUT2D eigenvalue weighted by Crippen LogP contribution is -2.35. The molecule has 0 spiro atoms. The van der Waals surface area contributed by atoms with Gasteiger partial charge in [-0.2, -0.15) is 0 Å². The average molecular weight is 241 g/mol. The highest BCUT2D eigenvalue weighted by Gasteiger charge is 2.22. The van der Waals surface area contributed by atoms with Crippen LogP contribution in [0.5, 0.6) is 0 Å². The quantitative estimate of drug-likeness (QED) is 0.586. The Hall–Kier alpha value is -0.0800. The third-order valence-electron chi connectivity index (χ3n) is 3.81. The molecule has 1 aliphatic rings. The molecule has 1 rings (SSSR count). The number of nitrogens with one attached hydrogen (secondary N) is 1. The van der Waals surface area contributed by atoms with Crippen molar-refractivity contribution in [2.75, 3.05) is 13.2 Å². The van der Waals surface area contributed by atoms with Crippen molar-refractivity contribution in [3.05, 3.63) is 0 Å². The summed E-state index contributed by atoms with van der Waals surface area (Å²) in [6, 6.07) is 0.611. The summed E-state index contributed by atoms with van der Waals surface area (Å²) >= 11 is 0. The van der Waals surface area contributed by atoms with Crippen LogP contribution in [0.3, 0.4) is 0 Å². The van der Waals surface area contributed by atoms with Crippen molar-refractivity contribution in [3.8, 4) is 0 Å². The first-order valence-corrected chi connectivity index (χ1v) is 7.69. The molecule has 1 heterocycles. The predicted octanol–water partition coefficient (Wildman–Crippen LogP) is 3.89. The van der Waals surface area contributed by atoms with Gasteiger partial charge in [0.1, 0.15) is 0 Å². The van der Waals surface area contributed by atoms with Crippen molar-refractivity contribution in [3.63, 3.8) is 0 Å². The molecular formula is C15H31NO. The minimum Gasteiger partial charge on any atom is -0.377 e. The highest BCUT2D eigenvalue weighted by Crippen LogP contribution is 2.13. The highest BCUT2D eigenvalue weighted by molar-refractivity contribution is 4.78. The van der Waals surface area contributed by atoms with E-state index in [1.54, 1.807) is 0 Å². The van der Waals surface area contributed by atoms with Gasteiger partial charge < -0.3 is 10.1 Å². The SMILES string of the molecule is CCCCCCCCCCNC1CCOC1C. The van der Waals surface area contributed by atoms with E-state index in [1.165, 1.54) is 64.3 Å². The van der Waals surface area contributed by atoms with Crippen LogP contribution in [0, 0.1) is 0 Å². The summed E-state index contributed by atoms with van der Waals surface area (Å²) < 4.78 is 5.54. The third kappa shape index (κ3) is 7.05. The number of ether oxygens (including phenoxy) is 1. The van der Waals surface area contributed by atoms with Crippen LogP contribution in [0.25, 0.3) is 0 Å². The topological polar surface area (TPSA) is 21.3 Å². The van der Waals surface area contributed by atoms with E-state index in [-0.39, 0.29) is 0 Å². The summed E-state index contributed by atoms with van der Waals surface area (Å²) in [6.07, 6.45) is 12.8. The molecule has 2 nitrogen and oxygen atoms in total. The molecule has 0 bridgehead atoms. The molecule has 2 unspecified atom stereocenters. The Balaban J connectivity index is 1.78. The van der Waals surface area contributed by atoms with Gasteiger partial charge in [0, 0.05) is 12.6 Å². The molecular weight excluding hydrogens is 210 g/mol. The molecule has 0 aromatic rings. The zero-order valence-corrected chi connectivity index (χ0v) is 11.8. The number of hydrogen-bond acceptors (Lipinski definition) is 2. The lowest BCUT2D eigenvalue weighted by atomic mass is 10.1. The van der Waals surface area contributed by atoms with E-state index in [9.17, 15) is 0 Å². The summed E-state index contributed by atoms with van der Waals surface area (Å²) in [6.45, 7) is 6.57. The van der Waals surface area contributed by atoms with E-state index in [0.29, 0.717) is 12.1 Å². The average Bonchev–Trinajstić information content (AvgIpc) is 2.73. The van der Waals surface area contributed by atoms with Crippen molar-refractivity contribution in [2.24, 2.45) is 0 Å². The van der Waals surface area contributed by atoms with E-state index in [4.69, 9.17) is 4.74 Å². The fourth-order valence-corrected chi connectivity index (χ4v) is 2.55. The van der Waals surface area contributed by atoms with Crippen molar-refractivity contribution >= 4 is 0 Å². The second kappa shape index (κ2) is 9.90. The van der Waals surface area contributed by atoms with Crippen LogP contribution in [-0.2, 0) is 4.74 Å². The predicted molar refractivity (Wildman–Crippen MR) is 74.4 cm³/mol. The maximum absolute atomic E-state index is 5.54. The van der Waals surface area contributed by atoms with Gasteiger partial charge in [0.2, 0.25) is 0 Å². The van der Waals surface area contributed by atoms with Crippen molar-refractivity contribution in [2.45, 2.75) is 83.8 Å². The molecule has 1 N–H and O–H groups in total. The van der Waals surface area contributed by atoms with E-state index in [1.807, 2.05) is 0 Å². The molecule has 2 heteroatoms. The van der Waals surface area contributed by atoms with Gasteiger partial charge >= 0.3 is 0 Å². The Morgan fingerprint density at radius 3 is 2.24 bits per heavy atom. The Morgan fingerprint density at radius 2 is 1.65 bits per heavy atom. The zero-order valence-electron chi connectivity index (χ0n) is 11.8. The van der Waals surface area contributed by atoms with Crippen LogP contribution in [0.2, 0.25) is 0 Å². The minimum atomic E-state index is 0.420. The van der Waals surface area contributed by atoms with E-state index in [0.717, 1.165) is 6.61 Å². The molecule has 102 valence electrons. The van der Waals surface area contributed by atoms with Gasteiger partial charge in [-0.15, -0.1) is 0 Å². The van der Waals surface area contributed by atoms with Crippen LogP contribution >= 0.6 is 0 Å². The van der Waals surface area contributed by atoms with Crippen LogP contribution in [0.15, 0.2) is 0 Å². The Bertz CT molecular complexity index is 172. The molecule has 1 aliphatic heterocycles. The van der Waals surface area contributed by atoms with Crippen LogP contribution in [-0.4, -0.2) is 25.3 Å². The molecule has 0 saturated carbocycles. The van der Waals surface area contributed by atoms with Crippen LogP contribution in [0.4, 0.5) is 0 Å². The first-order chi connectivity index (χ1) is 8.34. The Morgan fingerprint density at radius 1 is 1.00 bits per heavy atom. The van der Waals surface area contributed by atoms with Crippen molar-refractivity contribution in [1.82, 2.24) is 5.32 Å². The summed E-state index contributed by atoms with van der Waals surface area (Å²) in [7, 11) is 0. The molecule has 0 aromatic heterocycles. The summed E-state index contributed by atoms with van der Waals surface area (Å²) in [5.41, 5.74) is 0. The fraction of sp³-hybridized carbons (Fsp3) is 1.00. The lowest BCUT2D eigenvalue weighted by Gasteiger charge is -2.15. The first kappa shape index (κ1) is 15.0. The normalized spacial score (nSPS) is 24.4. The largest absolute Gasteiger partial charge is 0.377 e. The molecule has 2 atom stereocenters. The van der Waals surface area contributed by atoms with Crippen LogP contribution in [0.1, 0.15) is 71.6 Å². The first-order valence-electron chi connectivity index (χ1n) is 7.69. The van der Waals surface area contributed by atoms with Gasteiger partial charge in [0.15, 0.2) is 0 Å². The van der Waals surface area contributed by atoms with Gasteiger partial charge in [-0.25, -0.2) is 0 Å². The monoisotopic (exact) mass is 241 g/mol. The molecule has 1 fully saturated rings. The molecule has 17 heavy (non-hydrogen) atoms. The van der Waals surface area contributed by atoms with Gasteiger partial charge in [0.05, 0.1) is 6.10 Å². The Labute approximate surface area is 108 Å². The maximum atomic E-state index is 5.54. The number of hydrogen-bond donors (Lipinski definition) is 1. The summed E-state index contributed by atoms with van der Waals surface area (Å²) in [5.74, 6) is 0. The minimum absolute atomic E-state index is 0.420. The van der Waals surface area contributed by atoms with Crippen LogP contribution < -0.4 is 5.32 Å². The Kier molecular flexibility index (Phi) is 8.72. The molecule has 0 aliphatic carbocycles. The summed E-state index contributed by atoms with van der Waals surface area (Å²) in [5, 5.41) is 3.62. The van der Waals surface area contributed by atoms with Gasteiger partial charge in [-0.3, -0.25) is 0 Å². The summed E-state index contributed by atoms with van der Waals surface area (Å²) in [4.78, 5) is 0. The lowest BCUT2D eigenvalue weighted by molar-refractivity contribution is 0.113. The van der Waals surface area contributed by atoms with Crippen molar-refractivity contribution in [1.29, 1.82) is 0 Å². The van der Waals surface area contributed by atoms with Gasteiger partial charge in [-0.05, 0) is 26.3 Å². The molecule has 0 amide bonds. The van der Waals surface area contributed by atoms with Gasteiger partial charge in [-0.1, -0.05) is 51.9 Å². The molecule has 0 aromatic carbocycles. The van der Waals surface area contributed by atoms with Gasteiger partial charge in [0.25, 0.3) is 0 Å². The highest BCUT2D eigenvalue weighted by atomic mass is 16.5. The smallest absolute Gasteiger partial charge is 0.0700 e. The molecule has 1 saturated heterocycles. The van der Waals surface area contributed by atoms with E-state index < -0.39 is 0 Å². The number of rotatable bonds is 10. The molecule has 0 radical (unpaired) electrons. The van der Waals surface area contributed by atoms with E-state index in [2.05, 4.69) is 19.2 Å². The maximum Gasteiger partial charge on any atom is 0.0700 e. The zero-order chi connectivity index (χ0) is 12.3. The second-order valence-corrected chi connectivity index (χ2v) is 5.40. The number of unbranched alkanes of at least 4 members (excludes halogenated alkanes) is 7. The standard InChI is InChI=1S/C15H31NO/c1-3-4-5-6-7-8-9-10-12-16-15-11-13-17-14(15)2/h14-16H,3-13H2,1-2H3.